The lowest BCUT2D eigenvalue weighted by Crippen LogP contribution is -2.43. The second-order valence-electron chi connectivity index (χ2n) is 5.46. The molecule has 0 saturated heterocycles. The van der Waals surface area contributed by atoms with Gasteiger partial charge in [0.25, 0.3) is 0 Å². The summed E-state index contributed by atoms with van der Waals surface area (Å²) in [6.07, 6.45) is 0. The summed E-state index contributed by atoms with van der Waals surface area (Å²) in [6.45, 7) is 6.72. The Balaban J connectivity index is 2.80. The molecule has 0 saturated carbocycles. The van der Waals surface area contributed by atoms with Gasteiger partial charge in [0.2, 0.25) is 0 Å². The summed E-state index contributed by atoms with van der Waals surface area (Å²) in [5.41, 5.74) is 7.16. The van der Waals surface area contributed by atoms with Crippen LogP contribution in [0.3, 0.4) is 0 Å². The summed E-state index contributed by atoms with van der Waals surface area (Å²) in [4.78, 5) is 2.12. The van der Waals surface area contributed by atoms with Gasteiger partial charge in [-0.1, -0.05) is 5.16 Å². The molecule has 0 unspecified atom stereocenters. The number of nitrogens with two attached hydrogens (primary N) is 1. The van der Waals surface area contributed by atoms with Gasteiger partial charge < -0.3 is 20.6 Å². The van der Waals surface area contributed by atoms with Gasteiger partial charge in [-0.3, -0.25) is 0 Å². The molecular weight excluding hydrogens is 242 g/mol. The van der Waals surface area contributed by atoms with Crippen LogP contribution >= 0.6 is 0 Å². The Labute approximate surface area is 114 Å². The Morgan fingerprint density at radius 2 is 2.05 bits per heavy atom. The average Bonchev–Trinajstić information content (AvgIpc) is 2.35. The monoisotopic (exact) mass is 265 g/mol. The smallest absolute Gasteiger partial charge is 0.170 e. The fourth-order valence-corrected chi connectivity index (χ4v) is 1.46. The predicted octanol–water partition coefficient (Wildman–Crippen LogP) is 1.81. The summed E-state index contributed by atoms with van der Waals surface area (Å²) in [5.74, 6) is 0.889. The van der Waals surface area contributed by atoms with Gasteiger partial charge in [-0.25, -0.2) is 0 Å². The maximum absolute atomic E-state index is 8.68. The molecule has 0 atom stereocenters. The maximum atomic E-state index is 8.68. The molecule has 5 nitrogen and oxygen atoms in total. The number of aryl methyl sites for hydroxylation is 1. The molecule has 0 fully saturated rings. The van der Waals surface area contributed by atoms with Gasteiger partial charge in [-0.15, -0.1) is 0 Å². The van der Waals surface area contributed by atoms with Crippen molar-refractivity contribution in [3.05, 3.63) is 29.3 Å². The van der Waals surface area contributed by atoms with Crippen molar-refractivity contribution in [2.75, 3.05) is 20.7 Å². The third-order valence-corrected chi connectivity index (χ3v) is 3.38. The van der Waals surface area contributed by atoms with Gasteiger partial charge in [0, 0.05) is 11.1 Å². The minimum atomic E-state index is -0.0435. The Morgan fingerprint density at radius 3 is 2.53 bits per heavy atom. The van der Waals surface area contributed by atoms with Gasteiger partial charge in [0.15, 0.2) is 5.84 Å². The van der Waals surface area contributed by atoms with Crippen LogP contribution in [0.2, 0.25) is 0 Å². The van der Waals surface area contributed by atoms with Crippen LogP contribution in [-0.4, -0.2) is 42.2 Å². The number of benzene rings is 1. The summed E-state index contributed by atoms with van der Waals surface area (Å²) < 4.78 is 5.80. The van der Waals surface area contributed by atoms with E-state index in [1.54, 1.807) is 6.07 Å². The minimum absolute atomic E-state index is 0.0435. The number of hydrogen-bond acceptors (Lipinski definition) is 4. The minimum Gasteiger partial charge on any atom is -0.492 e. The number of amidine groups is 1. The molecule has 19 heavy (non-hydrogen) atoms. The summed E-state index contributed by atoms with van der Waals surface area (Å²) in [7, 11) is 4.05. The highest BCUT2D eigenvalue weighted by molar-refractivity contribution is 5.98. The van der Waals surface area contributed by atoms with Crippen LogP contribution in [0.25, 0.3) is 0 Å². The molecule has 0 aliphatic rings. The largest absolute Gasteiger partial charge is 0.492 e. The van der Waals surface area contributed by atoms with Crippen LogP contribution in [0.5, 0.6) is 5.75 Å². The van der Waals surface area contributed by atoms with Crippen molar-refractivity contribution in [2.45, 2.75) is 26.3 Å². The van der Waals surface area contributed by atoms with Crippen LogP contribution < -0.4 is 10.5 Å². The van der Waals surface area contributed by atoms with Gasteiger partial charge in [0.1, 0.15) is 12.4 Å². The Morgan fingerprint density at radius 1 is 1.42 bits per heavy atom. The van der Waals surface area contributed by atoms with Crippen molar-refractivity contribution in [3.63, 3.8) is 0 Å². The Kier molecular flexibility index (Phi) is 4.78. The standard InChI is InChI=1S/C14H23N3O2/c1-10-8-11(6-7-12(10)13(15)16-18)19-9-14(2,3)17(4)5/h6-8,18H,9H2,1-5H3,(H2,15,16). The number of likely N-dealkylation sites (N-methyl/N-ethyl adjacent to an activating group) is 1. The summed E-state index contributed by atoms with van der Waals surface area (Å²) in [5, 5.41) is 11.7. The number of nitrogens with zero attached hydrogens (tertiary/aromatic N) is 2. The molecule has 5 heteroatoms. The molecule has 1 aromatic rings. The lowest BCUT2D eigenvalue weighted by molar-refractivity contribution is 0.114. The van der Waals surface area contributed by atoms with Crippen molar-refractivity contribution in [2.24, 2.45) is 10.9 Å². The van der Waals surface area contributed by atoms with Crippen LogP contribution in [-0.2, 0) is 0 Å². The van der Waals surface area contributed by atoms with Crippen molar-refractivity contribution in [3.8, 4) is 5.75 Å². The van der Waals surface area contributed by atoms with Gasteiger partial charge in [-0.05, 0) is 58.6 Å². The first-order chi connectivity index (χ1) is 8.77. The number of rotatable bonds is 5. The number of ether oxygens (including phenoxy) is 1. The summed E-state index contributed by atoms with van der Waals surface area (Å²) >= 11 is 0. The first kappa shape index (κ1) is 15.3. The molecule has 0 heterocycles. The molecular formula is C14H23N3O2. The third kappa shape index (κ3) is 3.86. The fourth-order valence-electron chi connectivity index (χ4n) is 1.46. The van der Waals surface area contributed by atoms with E-state index < -0.39 is 0 Å². The molecule has 0 radical (unpaired) electrons. The predicted molar refractivity (Wildman–Crippen MR) is 77.0 cm³/mol. The molecule has 0 spiro atoms. The van der Waals surface area contributed by atoms with E-state index in [1.807, 2.05) is 33.2 Å². The van der Waals surface area contributed by atoms with Gasteiger partial charge in [0.05, 0.1) is 0 Å². The summed E-state index contributed by atoms with van der Waals surface area (Å²) in [6, 6.07) is 5.51. The number of oxime groups is 1. The van der Waals surface area contributed by atoms with E-state index in [9.17, 15) is 0 Å². The van der Waals surface area contributed by atoms with Crippen molar-refractivity contribution in [1.29, 1.82) is 0 Å². The number of hydrogen-bond donors (Lipinski definition) is 2. The Bertz CT molecular complexity index is 468. The molecule has 0 aliphatic heterocycles. The van der Waals surface area contributed by atoms with E-state index >= 15 is 0 Å². The van der Waals surface area contributed by atoms with E-state index in [0.717, 1.165) is 11.3 Å². The van der Waals surface area contributed by atoms with Crippen LogP contribution in [0, 0.1) is 6.92 Å². The molecule has 3 N–H and O–H groups in total. The molecule has 0 aliphatic carbocycles. The second kappa shape index (κ2) is 5.93. The fraction of sp³-hybridized carbons (Fsp3) is 0.500. The Hall–Kier alpha value is -1.75. The highest BCUT2D eigenvalue weighted by atomic mass is 16.5. The molecule has 1 rings (SSSR count). The normalized spacial score (nSPS) is 12.8. The van der Waals surface area contributed by atoms with Crippen LogP contribution in [0.4, 0.5) is 0 Å². The molecule has 0 bridgehead atoms. The van der Waals surface area contributed by atoms with Crippen molar-refractivity contribution >= 4 is 5.84 Å². The molecule has 1 aromatic carbocycles. The van der Waals surface area contributed by atoms with E-state index in [1.165, 1.54) is 0 Å². The lowest BCUT2D eigenvalue weighted by Gasteiger charge is -2.32. The SMILES string of the molecule is Cc1cc(OCC(C)(C)N(C)C)ccc1/C(N)=N/O. The third-order valence-electron chi connectivity index (χ3n) is 3.38. The quantitative estimate of drug-likeness (QED) is 0.368. The zero-order valence-corrected chi connectivity index (χ0v) is 12.3. The highest BCUT2D eigenvalue weighted by Crippen LogP contribution is 2.19. The second-order valence-corrected chi connectivity index (χ2v) is 5.46. The van der Waals surface area contributed by atoms with Crippen LogP contribution in [0.15, 0.2) is 23.4 Å². The van der Waals surface area contributed by atoms with Crippen molar-refractivity contribution < 1.29 is 9.94 Å². The van der Waals surface area contributed by atoms with E-state index in [4.69, 9.17) is 15.7 Å². The maximum Gasteiger partial charge on any atom is 0.170 e. The zero-order chi connectivity index (χ0) is 14.6. The molecule has 0 aromatic heterocycles. The van der Waals surface area contributed by atoms with E-state index in [2.05, 4.69) is 23.9 Å². The molecule has 0 amide bonds. The zero-order valence-electron chi connectivity index (χ0n) is 12.3. The first-order valence-corrected chi connectivity index (χ1v) is 6.16. The average molecular weight is 265 g/mol. The topological polar surface area (TPSA) is 71.1 Å². The van der Waals surface area contributed by atoms with E-state index in [-0.39, 0.29) is 11.4 Å². The van der Waals surface area contributed by atoms with Gasteiger partial charge >= 0.3 is 0 Å². The van der Waals surface area contributed by atoms with Gasteiger partial charge in [-0.2, -0.15) is 0 Å². The first-order valence-electron chi connectivity index (χ1n) is 6.16. The highest BCUT2D eigenvalue weighted by Gasteiger charge is 2.21. The molecule has 106 valence electrons. The van der Waals surface area contributed by atoms with E-state index in [0.29, 0.717) is 12.2 Å². The van der Waals surface area contributed by atoms with Crippen LogP contribution in [0.1, 0.15) is 25.0 Å². The lowest BCUT2D eigenvalue weighted by atomic mass is 10.1. The van der Waals surface area contributed by atoms with Crippen molar-refractivity contribution in [1.82, 2.24) is 4.90 Å².